The molecule has 0 amide bonds. The highest BCUT2D eigenvalue weighted by atomic mass is 16.4. The summed E-state index contributed by atoms with van der Waals surface area (Å²) in [4.78, 5) is 22.4. The zero-order valence-corrected chi connectivity index (χ0v) is 13.7. The van der Waals surface area contributed by atoms with Crippen molar-refractivity contribution in [3.05, 3.63) is 23.3 Å². The highest BCUT2D eigenvalue weighted by molar-refractivity contribution is 5.87. The predicted octanol–water partition coefficient (Wildman–Crippen LogP) is 4.56. The van der Waals surface area contributed by atoms with Gasteiger partial charge in [0.05, 0.1) is 0 Å². The fourth-order valence-corrected chi connectivity index (χ4v) is 3.23. The molecule has 1 saturated carbocycles. The van der Waals surface area contributed by atoms with Gasteiger partial charge in [-0.1, -0.05) is 57.1 Å². The van der Waals surface area contributed by atoms with Gasteiger partial charge in [-0.25, -0.2) is 9.59 Å². The van der Waals surface area contributed by atoms with Crippen LogP contribution in [0.15, 0.2) is 23.3 Å². The van der Waals surface area contributed by atoms with Crippen LogP contribution in [0.25, 0.3) is 0 Å². The molecule has 0 unspecified atom stereocenters. The Balaban J connectivity index is 3.15. The molecule has 0 atom stereocenters. The molecule has 0 radical (unpaired) electrons. The SMILES string of the molecule is CC(=CC1(C=C(C)C(=O)O)CCCCCCCCC1)C(=O)O. The summed E-state index contributed by atoms with van der Waals surface area (Å²) in [6.45, 7) is 3.18. The first-order valence-corrected chi connectivity index (χ1v) is 8.22. The Hall–Kier alpha value is -1.58. The molecular weight excluding hydrogens is 280 g/mol. The van der Waals surface area contributed by atoms with E-state index in [0.717, 1.165) is 38.5 Å². The molecule has 0 heterocycles. The number of carbonyl (C=O) groups is 2. The van der Waals surface area contributed by atoms with E-state index in [-0.39, 0.29) is 0 Å². The quantitative estimate of drug-likeness (QED) is 0.747. The maximum atomic E-state index is 11.2. The van der Waals surface area contributed by atoms with Gasteiger partial charge in [0, 0.05) is 16.6 Å². The van der Waals surface area contributed by atoms with E-state index in [2.05, 4.69) is 0 Å². The molecule has 4 heteroatoms. The zero-order chi connectivity index (χ0) is 16.6. The number of allylic oxidation sites excluding steroid dienone is 2. The summed E-state index contributed by atoms with van der Waals surface area (Å²) < 4.78 is 0. The predicted molar refractivity (Wildman–Crippen MR) is 86.8 cm³/mol. The number of hydrogen-bond acceptors (Lipinski definition) is 2. The van der Waals surface area contributed by atoms with Gasteiger partial charge in [0.25, 0.3) is 0 Å². The molecule has 0 spiro atoms. The van der Waals surface area contributed by atoms with E-state index in [0.29, 0.717) is 11.1 Å². The van der Waals surface area contributed by atoms with Gasteiger partial charge in [-0.2, -0.15) is 0 Å². The zero-order valence-electron chi connectivity index (χ0n) is 13.7. The first-order valence-electron chi connectivity index (χ1n) is 8.22. The van der Waals surface area contributed by atoms with Gasteiger partial charge in [0.1, 0.15) is 0 Å². The Morgan fingerprint density at radius 2 is 1.05 bits per heavy atom. The summed E-state index contributed by atoms with van der Waals surface area (Å²) in [7, 11) is 0. The van der Waals surface area contributed by atoms with Crippen LogP contribution < -0.4 is 0 Å². The van der Waals surface area contributed by atoms with Crippen LogP contribution in [0.2, 0.25) is 0 Å². The molecule has 0 aromatic heterocycles. The van der Waals surface area contributed by atoms with Crippen molar-refractivity contribution in [2.45, 2.75) is 71.6 Å². The Morgan fingerprint density at radius 3 is 1.36 bits per heavy atom. The van der Waals surface area contributed by atoms with Crippen molar-refractivity contribution in [1.29, 1.82) is 0 Å². The first-order chi connectivity index (χ1) is 10.4. The molecule has 0 bridgehead atoms. The lowest BCUT2D eigenvalue weighted by Gasteiger charge is -2.30. The number of carboxylic acids is 2. The third-order valence-corrected chi connectivity index (χ3v) is 4.47. The van der Waals surface area contributed by atoms with Crippen LogP contribution in [0.5, 0.6) is 0 Å². The minimum absolute atomic E-state index is 0.298. The lowest BCUT2D eigenvalue weighted by atomic mass is 9.74. The normalized spacial score (nSPS) is 21.2. The minimum atomic E-state index is -0.933. The molecule has 0 saturated heterocycles. The average Bonchev–Trinajstić information content (AvgIpc) is 2.45. The van der Waals surface area contributed by atoms with Gasteiger partial charge in [-0.15, -0.1) is 0 Å². The maximum absolute atomic E-state index is 11.2. The van der Waals surface area contributed by atoms with Gasteiger partial charge in [0.2, 0.25) is 0 Å². The molecule has 0 aliphatic heterocycles. The van der Waals surface area contributed by atoms with Crippen molar-refractivity contribution < 1.29 is 19.8 Å². The summed E-state index contributed by atoms with van der Waals surface area (Å²) in [5.41, 5.74) is 0.153. The van der Waals surface area contributed by atoms with Gasteiger partial charge >= 0.3 is 11.9 Å². The van der Waals surface area contributed by atoms with Crippen molar-refractivity contribution in [3.63, 3.8) is 0 Å². The van der Waals surface area contributed by atoms with E-state index in [1.165, 1.54) is 19.3 Å². The van der Waals surface area contributed by atoms with E-state index in [1.807, 2.05) is 0 Å². The summed E-state index contributed by atoms with van der Waals surface area (Å²) >= 11 is 0. The van der Waals surface area contributed by atoms with Crippen LogP contribution in [0.3, 0.4) is 0 Å². The summed E-state index contributed by atoms with van der Waals surface area (Å²) in [6.07, 6.45) is 13.2. The van der Waals surface area contributed by atoms with Crippen LogP contribution in [0.4, 0.5) is 0 Å². The number of hydrogen-bond donors (Lipinski definition) is 2. The highest BCUT2D eigenvalue weighted by Crippen LogP contribution is 2.38. The van der Waals surface area contributed by atoms with E-state index >= 15 is 0 Å². The summed E-state index contributed by atoms with van der Waals surface area (Å²) in [5.74, 6) is -1.87. The smallest absolute Gasteiger partial charge is 0.330 e. The van der Waals surface area contributed by atoms with Crippen molar-refractivity contribution in [1.82, 2.24) is 0 Å². The number of aliphatic carboxylic acids is 2. The van der Waals surface area contributed by atoms with Crippen molar-refractivity contribution in [2.24, 2.45) is 5.41 Å². The Kier molecular flexibility index (Phi) is 7.36. The minimum Gasteiger partial charge on any atom is -0.478 e. The molecular formula is C18H28O4. The van der Waals surface area contributed by atoms with Crippen molar-refractivity contribution in [3.8, 4) is 0 Å². The third kappa shape index (κ3) is 6.04. The lowest BCUT2D eigenvalue weighted by molar-refractivity contribution is -0.133. The van der Waals surface area contributed by atoms with Gasteiger partial charge in [-0.3, -0.25) is 0 Å². The summed E-state index contributed by atoms with van der Waals surface area (Å²) in [6, 6.07) is 0. The second-order valence-corrected chi connectivity index (χ2v) is 6.47. The second kappa shape index (κ2) is 8.76. The van der Waals surface area contributed by atoms with Gasteiger partial charge < -0.3 is 10.2 Å². The molecule has 1 fully saturated rings. The van der Waals surface area contributed by atoms with Gasteiger partial charge in [0.15, 0.2) is 0 Å². The van der Waals surface area contributed by atoms with Crippen molar-refractivity contribution in [2.75, 3.05) is 0 Å². The molecule has 2 N–H and O–H groups in total. The topological polar surface area (TPSA) is 74.6 Å². The van der Waals surface area contributed by atoms with Crippen LogP contribution in [-0.2, 0) is 9.59 Å². The molecule has 124 valence electrons. The molecule has 1 aliphatic rings. The largest absolute Gasteiger partial charge is 0.478 e. The maximum Gasteiger partial charge on any atom is 0.330 e. The second-order valence-electron chi connectivity index (χ2n) is 6.47. The molecule has 0 aromatic carbocycles. The van der Waals surface area contributed by atoms with Crippen LogP contribution in [0, 0.1) is 5.41 Å². The standard InChI is InChI=1S/C18H28O4/c1-14(16(19)20)12-18(13-15(2)17(21)22)10-8-6-4-3-5-7-9-11-18/h12-13H,3-11H2,1-2H3,(H,19,20)(H,21,22). The number of rotatable bonds is 4. The van der Waals surface area contributed by atoms with E-state index < -0.39 is 17.4 Å². The molecule has 0 aromatic rings. The fourth-order valence-electron chi connectivity index (χ4n) is 3.23. The van der Waals surface area contributed by atoms with Gasteiger partial charge in [-0.05, 0) is 26.7 Å². The monoisotopic (exact) mass is 308 g/mol. The van der Waals surface area contributed by atoms with E-state index in [9.17, 15) is 19.8 Å². The number of carboxylic acid groups (broad SMARTS) is 2. The summed E-state index contributed by atoms with van der Waals surface area (Å²) in [5, 5.41) is 18.4. The average molecular weight is 308 g/mol. The van der Waals surface area contributed by atoms with Crippen LogP contribution in [0.1, 0.15) is 71.6 Å². The molecule has 22 heavy (non-hydrogen) atoms. The first kappa shape index (κ1) is 18.5. The van der Waals surface area contributed by atoms with E-state index in [1.54, 1.807) is 26.0 Å². The Bertz CT molecular complexity index is 418. The third-order valence-electron chi connectivity index (χ3n) is 4.47. The van der Waals surface area contributed by atoms with Crippen LogP contribution >= 0.6 is 0 Å². The Morgan fingerprint density at radius 1 is 0.727 bits per heavy atom. The molecule has 1 rings (SSSR count). The molecule has 1 aliphatic carbocycles. The van der Waals surface area contributed by atoms with Crippen LogP contribution in [-0.4, -0.2) is 22.2 Å². The van der Waals surface area contributed by atoms with Crippen molar-refractivity contribution >= 4 is 11.9 Å². The van der Waals surface area contributed by atoms with E-state index in [4.69, 9.17) is 0 Å². The molecule has 4 nitrogen and oxygen atoms in total. The fraction of sp³-hybridized carbons (Fsp3) is 0.667. The Labute approximate surface area is 132 Å². The highest BCUT2D eigenvalue weighted by Gasteiger charge is 2.27. The lowest BCUT2D eigenvalue weighted by Crippen LogP contribution is -2.20.